The van der Waals surface area contributed by atoms with Gasteiger partial charge in [-0.2, -0.15) is 0 Å². The van der Waals surface area contributed by atoms with Crippen molar-refractivity contribution in [3.8, 4) is 0 Å². The van der Waals surface area contributed by atoms with Crippen LogP contribution < -0.4 is 5.32 Å². The third-order valence-electron chi connectivity index (χ3n) is 7.09. The Morgan fingerprint density at radius 3 is 2.59 bits per heavy atom. The molecular weight excluding hydrogens is 438 g/mol. The molecule has 8 heteroatoms. The van der Waals surface area contributed by atoms with Gasteiger partial charge in [-0.25, -0.2) is 4.39 Å². The molecule has 1 aromatic carbocycles. The second kappa shape index (κ2) is 10.2. The largest absolute Gasteiger partial charge is 0.337 e. The number of halogens is 2. The van der Waals surface area contributed by atoms with Crippen molar-refractivity contribution in [1.82, 2.24) is 14.8 Å². The van der Waals surface area contributed by atoms with Gasteiger partial charge in [0.25, 0.3) is 5.91 Å². The molecule has 34 heavy (non-hydrogen) atoms. The number of benzene rings is 1. The number of nitrogens with one attached hydrogen (secondary N) is 1. The van der Waals surface area contributed by atoms with E-state index in [9.17, 15) is 18.4 Å². The first kappa shape index (κ1) is 24.3. The van der Waals surface area contributed by atoms with E-state index in [1.807, 2.05) is 25.7 Å². The third kappa shape index (κ3) is 5.27. The predicted molar refractivity (Wildman–Crippen MR) is 127 cm³/mol. The van der Waals surface area contributed by atoms with Crippen LogP contribution in [0.4, 0.5) is 14.5 Å². The predicted octanol–water partition coefficient (Wildman–Crippen LogP) is 4.12. The Morgan fingerprint density at radius 1 is 1.18 bits per heavy atom. The Labute approximate surface area is 199 Å². The van der Waals surface area contributed by atoms with Crippen LogP contribution in [0, 0.1) is 31.5 Å². The van der Waals surface area contributed by atoms with E-state index in [1.54, 1.807) is 12.1 Å². The van der Waals surface area contributed by atoms with Crippen LogP contribution in [-0.2, 0) is 11.3 Å². The molecule has 2 aromatic rings. The van der Waals surface area contributed by atoms with Gasteiger partial charge < -0.3 is 10.2 Å². The Bertz CT molecular complexity index is 1050. The van der Waals surface area contributed by atoms with E-state index in [2.05, 4.69) is 15.2 Å². The van der Waals surface area contributed by atoms with Gasteiger partial charge in [-0.05, 0) is 74.9 Å². The second-order valence-corrected chi connectivity index (χ2v) is 9.68. The van der Waals surface area contributed by atoms with Crippen molar-refractivity contribution in [1.29, 1.82) is 0 Å². The van der Waals surface area contributed by atoms with E-state index in [4.69, 9.17) is 0 Å². The molecule has 0 bridgehead atoms. The number of hydrogen-bond acceptors (Lipinski definition) is 4. The quantitative estimate of drug-likeness (QED) is 0.690. The summed E-state index contributed by atoms with van der Waals surface area (Å²) in [6, 6.07) is 6.32. The van der Waals surface area contributed by atoms with Gasteiger partial charge >= 0.3 is 0 Å². The van der Waals surface area contributed by atoms with Crippen molar-refractivity contribution >= 4 is 17.5 Å². The fourth-order valence-electron chi connectivity index (χ4n) is 4.87. The topological polar surface area (TPSA) is 65.5 Å². The summed E-state index contributed by atoms with van der Waals surface area (Å²) in [7, 11) is 0. The van der Waals surface area contributed by atoms with Gasteiger partial charge in [0.05, 0.1) is 12.2 Å². The zero-order valence-corrected chi connectivity index (χ0v) is 20.0. The number of aromatic nitrogens is 1. The van der Waals surface area contributed by atoms with Crippen LogP contribution in [-0.4, -0.2) is 58.9 Å². The monoisotopic (exact) mass is 470 g/mol. The van der Waals surface area contributed by atoms with Crippen LogP contribution >= 0.6 is 0 Å². The number of amides is 2. The number of nitrogens with zero attached hydrogens (tertiary/aromatic N) is 3. The number of rotatable bonds is 6. The Morgan fingerprint density at radius 2 is 1.94 bits per heavy atom. The molecule has 1 unspecified atom stereocenters. The highest BCUT2D eigenvalue weighted by Gasteiger charge is 2.39. The van der Waals surface area contributed by atoms with Crippen LogP contribution in [0.25, 0.3) is 0 Å². The van der Waals surface area contributed by atoms with Crippen molar-refractivity contribution in [2.24, 2.45) is 11.8 Å². The van der Waals surface area contributed by atoms with Gasteiger partial charge in [-0.15, -0.1) is 0 Å². The maximum Gasteiger partial charge on any atom is 0.257 e. The molecule has 0 spiro atoms. The van der Waals surface area contributed by atoms with Crippen LogP contribution in [0.5, 0.6) is 0 Å². The number of anilines is 1. The molecule has 182 valence electrons. The van der Waals surface area contributed by atoms with E-state index in [0.717, 1.165) is 16.8 Å². The van der Waals surface area contributed by atoms with Crippen molar-refractivity contribution in [2.45, 2.75) is 46.2 Å². The number of carbonyl (C=O) groups is 2. The standard InChI is InChI=1S/C26H32F2N4O2/c1-16-4-5-20(13-29-16)25(33)30-24-11-23(28)10-22(18(24)3)15-31-6-7-32(17(2)14-31)26(34)21-8-19(9-21)12-27/h4-5,10-11,13,17,19,21H,6-9,12,14-15H2,1-3H3,(H,30,33). The van der Waals surface area contributed by atoms with E-state index in [1.165, 1.54) is 18.3 Å². The van der Waals surface area contributed by atoms with Crippen molar-refractivity contribution in [3.63, 3.8) is 0 Å². The fourth-order valence-corrected chi connectivity index (χ4v) is 4.87. The summed E-state index contributed by atoms with van der Waals surface area (Å²) < 4.78 is 27.2. The minimum absolute atomic E-state index is 0.0350. The first-order chi connectivity index (χ1) is 16.2. The molecule has 2 amide bonds. The fraction of sp³-hybridized carbons (Fsp3) is 0.500. The molecule has 1 atom stereocenters. The van der Waals surface area contributed by atoms with Gasteiger partial charge in [0, 0.05) is 55.7 Å². The van der Waals surface area contributed by atoms with Gasteiger partial charge in [-0.3, -0.25) is 23.9 Å². The lowest BCUT2D eigenvalue weighted by atomic mass is 9.74. The molecule has 1 aliphatic carbocycles. The number of alkyl halides is 1. The van der Waals surface area contributed by atoms with E-state index in [0.29, 0.717) is 50.3 Å². The lowest BCUT2D eigenvalue weighted by molar-refractivity contribution is -0.144. The highest BCUT2D eigenvalue weighted by atomic mass is 19.1. The summed E-state index contributed by atoms with van der Waals surface area (Å²) >= 11 is 0. The minimum atomic E-state index is -0.410. The maximum absolute atomic E-state index is 14.4. The summed E-state index contributed by atoms with van der Waals surface area (Å²) in [4.78, 5) is 33.7. The molecule has 1 aromatic heterocycles. The molecule has 1 saturated heterocycles. The zero-order valence-electron chi connectivity index (χ0n) is 20.0. The van der Waals surface area contributed by atoms with Crippen LogP contribution in [0.1, 0.15) is 46.9 Å². The summed E-state index contributed by atoms with van der Waals surface area (Å²) in [6.45, 7) is 7.89. The number of aryl methyl sites for hydroxylation is 1. The molecule has 1 saturated carbocycles. The number of pyridine rings is 1. The molecule has 0 radical (unpaired) electrons. The molecule has 4 rings (SSSR count). The first-order valence-corrected chi connectivity index (χ1v) is 11.9. The molecule has 2 aliphatic rings. The molecule has 2 heterocycles. The van der Waals surface area contributed by atoms with Crippen LogP contribution in [0.3, 0.4) is 0 Å². The van der Waals surface area contributed by atoms with Crippen molar-refractivity contribution in [2.75, 3.05) is 31.6 Å². The lowest BCUT2D eigenvalue weighted by Gasteiger charge is -2.44. The van der Waals surface area contributed by atoms with Gasteiger partial charge in [0.2, 0.25) is 5.91 Å². The average Bonchev–Trinajstić information content (AvgIpc) is 2.76. The van der Waals surface area contributed by atoms with E-state index in [-0.39, 0.29) is 36.4 Å². The highest BCUT2D eigenvalue weighted by molar-refractivity contribution is 6.04. The number of carbonyl (C=O) groups excluding carboxylic acids is 2. The molecule has 6 nitrogen and oxygen atoms in total. The summed E-state index contributed by atoms with van der Waals surface area (Å²) in [5.41, 5.74) is 3.28. The second-order valence-electron chi connectivity index (χ2n) is 9.68. The summed E-state index contributed by atoms with van der Waals surface area (Å²) in [5.74, 6) is -0.617. The number of piperazine rings is 1. The van der Waals surface area contributed by atoms with Gasteiger partial charge in [0.1, 0.15) is 5.82 Å². The Hall–Kier alpha value is -2.87. The smallest absolute Gasteiger partial charge is 0.257 e. The third-order valence-corrected chi connectivity index (χ3v) is 7.09. The highest BCUT2D eigenvalue weighted by Crippen LogP contribution is 2.36. The molecule has 2 fully saturated rings. The average molecular weight is 471 g/mol. The number of hydrogen-bond donors (Lipinski definition) is 1. The van der Waals surface area contributed by atoms with Crippen LogP contribution in [0.2, 0.25) is 0 Å². The van der Waals surface area contributed by atoms with E-state index < -0.39 is 5.82 Å². The van der Waals surface area contributed by atoms with Crippen molar-refractivity contribution < 1.29 is 18.4 Å². The molecule has 1 aliphatic heterocycles. The normalized spacial score (nSPS) is 22.9. The Balaban J connectivity index is 1.39. The van der Waals surface area contributed by atoms with Crippen molar-refractivity contribution in [3.05, 3.63) is 58.7 Å². The van der Waals surface area contributed by atoms with Gasteiger partial charge in [0.15, 0.2) is 0 Å². The maximum atomic E-state index is 14.4. The lowest BCUT2D eigenvalue weighted by Crippen LogP contribution is -2.56. The SMILES string of the molecule is Cc1ccc(C(=O)Nc2cc(F)cc(CN3CCN(C(=O)C4CC(CF)C4)C(C)C3)c2C)cn1. The van der Waals surface area contributed by atoms with Gasteiger partial charge in [-0.1, -0.05) is 0 Å². The molecular formula is C26H32F2N4O2. The molecule has 1 N–H and O–H groups in total. The van der Waals surface area contributed by atoms with E-state index >= 15 is 0 Å². The summed E-state index contributed by atoms with van der Waals surface area (Å²) in [5, 5.41) is 2.81. The Kier molecular flexibility index (Phi) is 7.26. The first-order valence-electron chi connectivity index (χ1n) is 11.9. The minimum Gasteiger partial charge on any atom is -0.337 e. The van der Waals surface area contributed by atoms with Crippen LogP contribution in [0.15, 0.2) is 30.5 Å². The zero-order chi connectivity index (χ0) is 24.4. The summed E-state index contributed by atoms with van der Waals surface area (Å²) in [6.07, 6.45) is 2.81.